The highest BCUT2D eigenvalue weighted by molar-refractivity contribution is 5.85. The van der Waals surface area contributed by atoms with Crippen molar-refractivity contribution in [2.45, 2.75) is 46.5 Å². The number of hydrogen-bond donors (Lipinski definition) is 0. The van der Waals surface area contributed by atoms with Crippen molar-refractivity contribution < 1.29 is 9.53 Å². The predicted octanol–water partition coefficient (Wildman–Crippen LogP) is 3.47. The molecule has 3 nitrogen and oxygen atoms in total. The van der Waals surface area contributed by atoms with Crippen molar-refractivity contribution in [3.63, 3.8) is 0 Å². The van der Waals surface area contributed by atoms with Gasteiger partial charge in [-0.15, -0.1) is 12.4 Å². The minimum atomic E-state index is -0.158. The third kappa shape index (κ3) is 8.55. The summed E-state index contributed by atoms with van der Waals surface area (Å²) in [6.07, 6.45) is 4.18. The molecule has 0 saturated heterocycles. The van der Waals surface area contributed by atoms with E-state index >= 15 is 0 Å². The molecule has 4 heteroatoms. The number of halogens is 1. The zero-order valence-electron chi connectivity index (χ0n) is 10.1. The summed E-state index contributed by atoms with van der Waals surface area (Å²) in [5.41, 5.74) is 0. The zero-order chi connectivity index (χ0) is 10.8. The van der Waals surface area contributed by atoms with E-state index in [-0.39, 0.29) is 18.5 Å². The molecule has 0 heterocycles. The Hall–Kier alpha value is -0.440. The van der Waals surface area contributed by atoms with Crippen molar-refractivity contribution in [1.29, 1.82) is 0 Å². The molecular formula is C11H24ClNO2. The van der Waals surface area contributed by atoms with Crippen LogP contribution in [0.15, 0.2) is 0 Å². The van der Waals surface area contributed by atoms with Gasteiger partial charge in [0.05, 0.1) is 6.61 Å². The SMILES string of the molecule is CCCCN(CCCC)C(=O)OCC.Cl. The highest BCUT2D eigenvalue weighted by Crippen LogP contribution is 2.01. The van der Waals surface area contributed by atoms with Crippen LogP contribution in [0.5, 0.6) is 0 Å². The Morgan fingerprint density at radius 2 is 1.53 bits per heavy atom. The Bertz CT molecular complexity index is 146. The lowest BCUT2D eigenvalue weighted by Gasteiger charge is -2.21. The van der Waals surface area contributed by atoms with Crippen LogP contribution < -0.4 is 0 Å². The molecule has 0 aromatic rings. The minimum absolute atomic E-state index is 0. The molecule has 0 aliphatic heterocycles. The maximum absolute atomic E-state index is 11.5. The summed E-state index contributed by atoms with van der Waals surface area (Å²) in [5.74, 6) is 0. The Morgan fingerprint density at radius 3 is 1.87 bits per heavy atom. The van der Waals surface area contributed by atoms with Crippen LogP contribution in [0, 0.1) is 0 Å². The number of carbonyl (C=O) groups is 1. The van der Waals surface area contributed by atoms with Crippen molar-refractivity contribution in [2.75, 3.05) is 19.7 Å². The second kappa shape index (κ2) is 11.6. The van der Waals surface area contributed by atoms with Crippen LogP contribution in [0.1, 0.15) is 46.5 Å². The number of carbonyl (C=O) groups excluding carboxylic acids is 1. The van der Waals surface area contributed by atoms with Crippen molar-refractivity contribution in [3.8, 4) is 0 Å². The van der Waals surface area contributed by atoms with Gasteiger partial charge in [-0.1, -0.05) is 26.7 Å². The molecule has 0 unspecified atom stereocenters. The van der Waals surface area contributed by atoms with Crippen molar-refractivity contribution >= 4 is 18.5 Å². The van der Waals surface area contributed by atoms with Crippen LogP contribution in [-0.4, -0.2) is 30.7 Å². The molecule has 0 fully saturated rings. The largest absolute Gasteiger partial charge is 0.450 e. The van der Waals surface area contributed by atoms with Crippen LogP contribution in [0.4, 0.5) is 4.79 Å². The van der Waals surface area contributed by atoms with E-state index in [1.54, 1.807) is 0 Å². The molecule has 0 aromatic carbocycles. The lowest BCUT2D eigenvalue weighted by Crippen LogP contribution is -2.33. The zero-order valence-corrected chi connectivity index (χ0v) is 10.9. The lowest BCUT2D eigenvalue weighted by atomic mass is 10.3. The number of nitrogens with zero attached hydrogens (tertiary/aromatic N) is 1. The van der Waals surface area contributed by atoms with Gasteiger partial charge >= 0.3 is 6.09 Å². The molecule has 0 spiro atoms. The number of hydrogen-bond acceptors (Lipinski definition) is 2. The van der Waals surface area contributed by atoms with Crippen LogP contribution in [-0.2, 0) is 4.74 Å². The van der Waals surface area contributed by atoms with E-state index in [1.165, 1.54) is 0 Å². The third-order valence-corrected chi connectivity index (χ3v) is 2.09. The summed E-state index contributed by atoms with van der Waals surface area (Å²) < 4.78 is 4.99. The van der Waals surface area contributed by atoms with Gasteiger partial charge in [0.25, 0.3) is 0 Å². The van der Waals surface area contributed by atoms with Crippen LogP contribution in [0.2, 0.25) is 0 Å². The first-order valence-corrected chi connectivity index (χ1v) is 5.67. The molecule has 92 valence electrons. The van der Waals surface area contributed by atoms with Gasteiger partial charge < -0.3 is 9.64 Å². The molecule has 0 N–H and O–H groups in total. The fraction of sp³-hybridized carbons (Fsp3) is 0.909. The summed E-state index contributed by atoms with van der Waals surface area (Å²) in [5, 5.41) is 0. The Morgan fingerprint density at radius 1 is 1.07 bits per heavy atom. The van der Waals surface area contributed by atoms with Crippen molar-refractivity contribution in [2.24, 2.45) is 0 Å². The Labute approximate surface area is 99.6 Å². The summed E-state index contributed by atoms with van der Waals surface area (Å²) in [6.45, 7) is 8.22. The quantitative estimate of drug-likeness (QED) is 0.679. The minimum Gasteiger partial charge on any atom is -0.450 e. The van der Waals surface area contributed by atoms with Gasteiger partial charge in [0.2, 0.25) is 0 Å². The second-order valence-corrected chi connectivity index (χ2v) is 3.39. The maximum Gasteiger partial charge on any atom is 0.409 e. The normalized spacial score (nSPS) is 9.27. The number of unbranched alkanes of at least 4 members (excludes halogenated alkanes) is 2. The van der Waals surface area contributed by atoms with E-state index in [2.05, 4.69) is 13.8 Å². The molecule has 1 amide bonds. The summed E-state index contributed by atoms with van der Waals surface area (Å²) in [6, 6.07) is 0. The highest BCUT2D eigenvalue weighted by atomic mass is 35.5. The first-order chi connectivity index (χ1) is 6.76. The van der Waals surface area contributed by atoms with E-state index in [9.17, 15) is 4.79 Å². The molecule has 0 bridgehead atoms. The fourth-order valence-electron chi connectivity index (χ4n) is 1.21. The monoisotopic (exact) mass is 237 g/mol. The Kier molecular flexibility index (Phi) is 13.2. The van der Waals surface area contributed by atoms with Gasteiger partial charge in [-0.3, -0.25) is 0 Å². The third-order valence-electron chi connectivity index (χ3n) is 2.09. The van der Waals surface area contributed by atoms with E-state index < -0.39 is 0 Å². The molecular weight excluding hydrogens is 214 g/mol. The average Bonchev–Trinajstić information content (AvgIpc) is 2.18. The van der Waals surface area contributed by atoms with E-state index in [0.29, 0.717) is 6.61 Å². The first-order valence-electron chi connectivity index (χ1n) is 5.67. The van der Waals surface area contributed by atoms with E-state index in [1.807, 2.05) is 11.8 Å². The van der Waals surface area contributed by atoms with Gasteiger partial charge in [-0.2, -0.15) is 0 Å². The summed E-state index contributed by atoms with van der Waals surface area (Å²) in [4.78, 5) is 13.3. The molecule has 15 heavy (non-hydrogen) atoms. The molecule has 0 saturated carbocycles. The first kappa shape index (κ1) is 17.0. The average molecular weight is 238 g/mol. The second-order valence-electron chi connectivity index (χ2n) is 3.39. The number of ether oxygens (including phenoxy) is 1. The highest BCUT2D eigenvalue weighted by Gasteiger charge is 2.12. The standard InChI is InChI=1S/C11H23NO2.ClH/c1-4-7-9-12(10-8-5-2)11(13)14-6-3;/h4-10H2,1-3H3;1H. The fourth-order valence-corrected chi connectivity index (χ4v) is 1.21. The molecule has 0 aliphatic rings. The van der Waals surface area contributed by atoms with Crippen LogP contribution in [0.25, 0.3) is 0 Å². The maximum atomic E-state index is 11.5. The summed E-state index contributed by atoms with van der Waals surface area (Å²) in [7, 11) is 0. The van der Waals surface area contributed by atoms with Crippen molar-refractivity contribution in [1.82, 2.24) is 4.90 Å². The van der Waals surface area contributed by atoms with E-state index in [4.69, 9.17) is 4.74 Å². The van der Waals surface area contributed by atoms with Crippen LogP contribution >= 0.6 is 12.4 Å². The molecule has 0 aromatic heterocycles. The lowest BCUT2D eigenvalue weighted by molar-refractivity contribution is 0.106. The van der Waals surface area contributed by atoms with Gasteiger partial charge in [0.15, 0.2) is 0 Å². The Balaban J connectivity index is 0. The number of amides is 1. The van der Waals surface area contributed by atoms with Crippen LogP contribution in [0.3, 0.4) is 0 Å². The smallest absolute Gasteiger partial charge is 0.409 e. The molecule has 0 rings (SSSR count). The molecule has 0 atom stereocenters. The predicted molar refractivity (Wildman–Crippen MR) is 65.7 cm³/mol. The molecule has 0 radical (unpaired) electrons. The summed E-state index contributed by atoms with van der Waals surface area (Å²) >= 11 is 0. The van der Waals surface area contributed by atoms with Gasteiger partial charge in [0, 0.05) is 13.1 Å². The van der Waals surface area contributed by atoms with Gasteiger partial charge in [-0.25, -0.2) is 4.79 Å². The molecule has 0 aliphatic carbocycles. The van der Waals surface area contributed by atoms with Gasteiger partial charge in [-0.05, 0) is 19.8 Å². The number of rotatable bonds is 7. The van der Waals surface area contributed by atoms with E-state index in [0.717, 1.165) is 38.8 Å². The van der Waals surface area contributed by atoms with Crippen molar-refractivity contribution in [3.05, 3.63) is 0 Å². The topological polar surface area (TPSA) is 29.5 Å². The van der Waals surface area contributed by atoms with Gasteiger partial charge in [0.1, 0.15) is 0 Å².